The molecule has 0 fully saturated rings. The van der Waals surface area contributed by atoms with E-state index in [2.05, 4.69) is 17.0 Å². The van der Waals surface area contributed by atoms with E-state index in [9.17, 15) is 4.57 Å². The van der Waals surface area contributed by atoms with E-state index in [1.807, 2.05) is 0 Å². The second-order valence-electron chi connectivity index (χ2n) is 1.90. The van der Waals surface area contributed by atoms with Crippen LogP contribution in [0.15, 0.2) is 12.7 Å². The van der Waals surface area contributed by atoms with Crippen LogP contribution in [0, 0.1) is 12.3 Å². The van der Waals surface area contributed by atoms with Gasteiger partial charge in [-0.05, 0) is 6.42 Å². The van der Waals surface area contributed by atoms with E-state index in [-0.39, 0.29) is 6.10 Å². The highest BCUT2D eigenvalue weighted by Gasteiger charge is 2.20. The molecule has 4 heteroatoms. The molecular formula is C7H10O3P+. The number of rotatable bonds is 5. The minimum Gasteiger partial charge on any atom is -0.133 e. The molecule has 0 aromatic carbocycles. The fraction of sp³-hybridized carbons (Fsp3) is 0.429. The summed E-state index contributed by atoms with van der Waals surface area (Å²) in [6.07, 6.45) is 7.03. The lowest BCUT2D eigenvalue weighted by Crippen LogP contribution is -2.05. The van der Waals surface area contributed by atoms with Crippen molar-refractivity contribution in [2.24, 2.45) is 0 Å². The van der Waals surface area contributed by atoms with Crippen LogP contribution in [0.3, 0.4) is 0 Å². The van der Waals surface area contributed by atoms with E-state index in [1.54, 1.807) is 6.08 Å². The molecule has 11 heavy (non-hydrogen) atoms. The first-order valence-electron chi connectivity index (χ1n) is 3.08. The number of hydrogen-bond donors (Lipinski definition) is 1. The van der Waals surface area contributed by atoms with Crippen molar-refractivity contribution in [3.05, 3.63) is 12.7 Å². The van der Waals surface area contributed by atoms with Gasteiger partial charge in [-0.25, -0.2) is 0 Å². The Balaban J connectivity index is 3.79. The Hall–Kier alpha value is -0.680. The van der Waals surface area contributed by atoms with E-state index < -0.39 is 8.25 Å². The molecule has 0 rings (SSSR count). The summed E-state index contributed by atoms with van der Waals surface area (Å²) >= 11 is 0. The molecule has 60 valence electrons. The van der Waals surface area contributed by atoms with Crippen LogP contribution in [0.5, 0.6) is 0 Å². The average molecular weight is 173 g/mol. The summed E-state index contributed by atoms with van der Waals surface area (Å²) in [5.74, 6) is 2.35. The Morgan fingerprint density at radius 1 is 1.91 bits per heavy atom. The highest BCUT2D eigenvalue weighted by Crippen LogP contribution is 2.21. The Morgan fingerprint density at radius 2 is 2.55 bits per heavy atom. The first-order valence-corrected chi connectivity index (χ1v) is 4.21. The molecule has 0 aromatic rings. The Kier molecular flexibility index (Phi) is 5.68. The molecule has 0 aliphatic rings. The predicted octanol–water partition coefficient (Wildman–Crippen LogP) is 1.62. The summed E-state index contributed by atoms with van der Waals surface area (Å²) in [4.78, 5) is 8.36. The van der Waals surface area contributed by atoms with E-state index in [4.69, 9.17) is 11.3 Å². The van der Waals surface area contributed by atoms with Crippen molar-refractivity contribution in [2.45, 2.75) is 18.9 Å². The summed E-state index contributed by atoms with van der Waals surface area (Å²) in [7, 11) is -2.56. The van der Waals surface area contributed by atoms with Gasteiger partial charge in [0.05, 0.1) is 0 Å². The van der Waals surface area contributed by atoms with E-state index >= 15 is 0 Å². The first-order chi connectivity index (χ1) is 5.20. The van der Waals surface area contributed by atoms with Crippen LogP contribution in [-0.2, 0) is 9.09 Å². The maximum Gasteiger partial charge on any atom is 0.695 e. The standard InChI is InChI=1S/C7H9O3P/c1-3-5-7(6-4-2)10-11(8)9/h1,4,7H,2,5-6H2/p+1. The van der Waals surface area contributed by atoms with Crippen LogP contribution in [0.1, 0.15) is 12.8 Å². The summed E-state index contributed by atoms with van der Waals surface area (Å²) in [5.41, 5.74) is 0. The Morgan fingerprint density at radius 3 is 2.91 bits per heavy atom. The number of terminal acetylenes is 1. The molecule has 0 amide bonds. The van der Waals surface area contributed by atoms with Gasteiger partial charge in [-0.1, -0.05) is 6.08 Å². The van der Waals surface area contributed by atoms with Gasteiger partial charge in [-0.2, -0.15) is 0 Å². The lowest BCUT2D eigenvalue weighted by Gasteiger charge is -2.00. The maximum absolute atomic E-state index is 10.2. The number of hydrogen-bond acceptors (Lipinski definition) is 2. The van der Waals surface area contributed by atoms with Crippen LogP contribution < -0.4 is 0 Å². The second kappa shape index (κ2) is 6.06. The minimum atomic E-state index is -2.56. The smallest absolute Gasteiger partial charge is 0.133 e. The van der Waals surface area contributed by atoms with Crippen LogP contribution in [0.4, 0.5) is 0 Å². The van der Waals surface area contributed by atoms with Gasteiger partial charge >= 0.3 is 8.25 Å². The topological polar surface area (TPSA) is 46.5 Å². The lowest BCUT2D eigenvalue weighted by molar-refractivity contribution is 0.196. The van der Waals surface area contributed by atoms with Crippen molar-refractivity contribution in [3.63, 3.8) is 0 Å². The monoisotopic (exact) mass is 173 g/mol. The van der Waals surface area contributed by atoms with E-state index in [1.165, 1.54) is 0 Å². The van der Waals surface area contributed by atoms with Crippen LogP contribution in [0.25, 0.3) is 0 Å². The van der Waals surface area contributed by atoms with Gasteiger partial charge in [0.2, 0.25) is 0 Å². The van der Waals surface area contributed by atoms with Gasteiger partial charge in [0.1, 0.15) is 6.10 Å². The molecule has 3 nitrogen and oxygen atoms in total. The predicted molar refractivity (Wildman–Crippen MR) is 43.0 cm³/mol. The summed E-state index contributed by atoms with van der Waals surface area (Å²) < 4.78 is 14.8. The third-order valence-corrected chi connectivity index (χ3v) is 1.49. The molecule has 0 heterocycles. The zero-order valence-corrected chi connectivity index (χ0v) is 6.96. The largest absolute Gasteiger partial charge is 0.695 e. The lowest BCUT2D eigenvalue weighted by atomic mass is 10.2. The van der Waals surface area contributed by atoms with Crippen molar-refractivity contribution in [1.29, 1.82) is 0 Å². The van der Waals surface area contributed by atoms with Crippen molar-refractivity contribution in [3.8, 4) is 12.3 Å². The molecular weight excluding hydrogens is 163 g/mol. The SMILES string of the molecule is C#CCC(CC=C)O[P+](=O)O. The van der Waals surface area contributed by atoms with Crippen molar-refractivity contribution in [1.82, 2.24) is 0 Å². The fourth-order valence-electron chi connectivity index (χ4n) is 0.608. The summed E-state index contributed by atoms with van der Waals surface area (Å²) in [6, 6.07) is 0. The maximum atomic E-state index is 10.2. The Bertz CT molecular complexity index is 183. The molecule has 0 saturated heterocycles. The highest BCUT2D eigenvalue weighted by atomic mass is 31.1. The van der Waals surface area contributed by atoms with Crippen LogP contribution in [-0.4, -0.2) is 11.0 Å². The molecule has 0 spiro atoms. The summed E-state index contributed by atoms with van der Waals surface area (Å²) in [6.45, 7) is 3.46. The van der Waals surface area contributed by atoms with E-state index in [0.29, 0.717) is 12.8 Å². The molecule has 0 bridgehead atoms. The van der Waals surface area contributed by atoms with Gasteiger partial charge in [-0.3, -0.25) is 0 Å². The Labute approximate surface area is 67.0 Å². The van der Waals surface area contributed by atoms with Crippen molar-refractivity contribution < 1.29 is 14.0 Å². The normalized spacial score (nSPS) is 13.3. The van der Waals surface area contributed by atoms with Gasteiger partial charge in [-0.15, -0.1) is 28.3 Å². The summed E-state index contributed by atoms with van der Waals surface area (Å²) in [5, 5.41) is 0. The molecule has 2 unspecified atom stereocenters. The second-order valence-corrected chi connectivity index (χ2v) is 2.58. The van der Waals surface area contributed by atoms with Crippen LogP contribution >= 0.6 is 8.25 Å². The fourth-order valence-corrected chi connectivity index (χ4v) is 1.02. The molecule has 0 aliphatic heterocycles. The highest BCUT2D eigenvalue weighted by molar-refractivity contribution is 7.32. The van der Waals surface area contributed by atoms with E-state index in [0.717, 1.165) is 0 Å². The van der Waals surface area contributed by atoms with Gasteiger partial charge in [0.15, 0.2) is 0 Å². The average Bonchev–Trinajstić information content (AvgIpc) is 1.87. The zero-order valence-electron chi connectivity index (χ0n) is 6.06. The molecule has 2 atom stereocenters. The molecule has 0 aromatic heterocycles. The van der Waals surface area contributed by atoms with Gasteiger partial charge < -0.3 is 0 Å². The van der Waals surface area contributed by atoms with Crippen LogP contribution in [0.2, 0.25) is 0 Å². The van der Waals surface area contributed by atoms with Gasteiger partial charge in [0, 0.05) is 11.0 Å². The van der Waals surface area contributed by atoms with Crippen molar-refractivity contribution in [2.75, 3.05) is 0 Å². The first kappa shape index (κ1) is 10.3. The minimum absolute atomic E-state index is 0.327. The quantitative estimate of drug-likeness (QED) is 0.390. The molecule has 0 aliphatic carbocycles. The third-order valence-electron chi connectivity index (χ3n) is 1.01. The third kappa shape index (κ3) is 5.75. The molecule has 1 N–H and O–H groups in total. The molecule has 0 saturated carbocycles. The van der Waals surface area contributed by atoms with Crippen molar-refractivity contribution >= 4 is 8.25 Å². The van der Waals surface area contributed by atoms with Gasteiger partial charge in [0.25, 0.3) is 0 Å². The zero-order chi connectivity index (χ0) is 8.69. The molecule has 0 radical (unpaired) electrons.